The first kappa shape index (κ1) is 22.7. The highest BCUT2D eigenvalue weighted by atomic mass is 32.2. The minimum Gasteiger partial charge on any atom is -0.357 e. The van der Waals surface area contributed by atoms with Gasteiger partial charge in [0, 0.05) is 71.3 Å². The third kappa shape index (κ3) is 5.60. The molecule has 1 N–H and O–H groups in total. The van der Waals surface area contributed by atoms with E-state index in [4.69, 9.17) is 4.99 Å². The molecule has 1 aromatic rings. The summed E-state index contributed by atoms with van der Waals surface area (Å²) < 4.78 is 23.8. The van der Waals surface area contributed by atoms with Gasteiger partial charge in [-0.15, -0.1) is 0 Å². The minimum absolute atomic E-state index is 0.180. The smallest absolute Gasteiger partial charge is 0.225 e. The Morgan fingerprint density at radius 3 is 2.50 bits per heavy atom. The van der Waals surface area contributed by atoms with Crippen LogP contribution in [0.25, 0.3) is 0 Å². The predicted molar refractivity (Wildman–Crippen MR) is 121 cm³/mol. The maximum atomic E-state index is 12.3. The van der Waals surface area contributed by atoms with Crippen molar-refractivity contribution in [1.82, 2.24) is 25.1 Å². The van der Waals surface area contributed by atoms with Gasteiger partial charge in [0.2, 0.25) is 5.95 Å². The second kappa shape index (κ2) is 9.91. The number of anilines is 1. The lowest BCUT2D eigenvalue weighted by Crippen LogP contribution is -2.57. The monoisotopic (exact) mass is 437 g/mol. The van der Waals surface area contributed by atoms with E-state index in [2.05, 4.69) is 30.0 Å². The molecular weight excluding hydrogens is 402 g/mol. The van der Waals surface area contributed by atoms with Crippen LogP contribution < -0.4 is 10.2 Å². The summed E-state index contributed by atoms with van der Waals surface area (Å²) in [6, 6.07) is 1.84. The standard InChI is InChI=1S/C20H35N7O2S/c1-4-21-18(27-15-16-30(28,29)20(2,3)17-27)24-9-6-10-25-11-13-26(14-12-25)19-22-7-5-8-23-19/h5,7-8H,4,6,9-17H2,1-3H3,(H,21,24). The second-order valence-corrected chi connectivity index (χ2v) is 11.2. The Morgan fingerprint density at radius 1 is 1.17 bits per heavy atom. The zero-order valence-corrected chi connectivity index (χ0v) is 19.2. The largest absolute Gasteiger partial charge is 0.357 e. The molecule has 0 aromatic carbocycles. The van der Waals surface area contributed by atoms with Gasteiger partial charge in [-0.05, 0) is 33.3 Å². The summed E-state index contributed by atoms with van der Waals surface area (Å²) >= 11 is 0. The summed E-state index contributed by atoms with van der Waals surface area (Å²) in [4.78, 5) is 20.2. The molecule has 10 heteroatoms. The molecule has 0 unspecified atom stereocenters. The Balaban J connectivity index is 1.45. The number of hydrogen-bond acceptors (Lipinski definition) is 7. The molecule has 9 nitrogen and oxygen atoms in total. The molecule has 2 aliphatic rings. The average Bonchev–Trinajstić information content (AvgIpc) is 2.73. The molecule has 3 heterocycles. The first-order valence-corrected chi connectivity index (χ1v) is 12.5. The molecule has 0 atom stereocenters. The van der Waals surface area contributed by atoms with Crippen LogP contribution in [0.1, 0.15) is 27.2 Å². The van der Waals surface area contributed by atoms with Crippen LogP contribution in [0.4, 0.5) is 5.95 Å². The van der Waals surface area contributed by atoms with E-state index in [1.165, 1.54) is 0 Å². The zero-order chi connectivity index (χ0) is 21.6. The molecular formula is C20H35N7O2S. The van der Waals surface area contributed by atoms with E-state index in [9.17, 15) is 8.42 Å². The van der Waals surface area contributed by atoms with Crippen LogP contribution in [-0.2, 0) is 9.84 Å². The SMILES string of the molecule is CCNC(=NCCCN1CCN(c2ncccn2)CC1)N1CCS(=O)(=O)C(C)(C)C1. The van der Waals surface area contributed by atoms with Gasteiger partial charge in [0.05, 0.1) is 10.5 Å². The molecule has 0 spiro atoms. The molecule has 3 rings (SSSR count). The highest BCUT2D eigenvalue weighted by Crippen LogP contribution is 2.23. The number of aliphatic imine (C=N–C) groups is 1. The van der Waals surface area contributed by atoms with Crippen LogP contribution in [0.15, 0.2) is 23.5 Å². The fourth-order valence-corrected chi connectivity index (χ4v) is 5.22. The molecule has 0 aliphatic carbocycles. The molecule has 0 saturated carbocycles. The third-order valence-electron chi connectivity index (χ3n) is 5.78. The number of nitrogens with one attached hydrogen (secondary N) is 1. The average molecular weight is 438 g/mol. The summed E-state index contributed by atoms with van der Waals surface area (Å²) in [6.07, 6.45) is 4.55. The summed E-state index contributed by atoms with van der Waals surface area (Å²) in [5, 5.41) is 3.33. The molecule has 1 aromatic heterocycles. The Bertz CT molecular complexity index is 806. The molecule has 0 amide bonds. The van der Waals surface area contributed by atoms with E-state index >= 15 is 0 Å². The predicted octanol–water partition coefficient (Wildman–Crippen LogP) is 0.463. The number of rotatable bonds is 6. The lowest BCUT2D eigenvalue weighted by molar-refractivity contribution is 0.255. The van der Waals surface area contributed by atoms with Gasteiger partial charge < -0.3 is 15.1 Å². The van der Waals surface area contributed by atoms with Crippen molar-refractivity contribution in [1.29, 1.82) is 0 Å². The number of aromatic nitrogens is 2. The maximum absolute atomic E-state index is 12.3. The number of hydrogen-bond donors (Lipinski definition) is 1. The van der Waals surface area contributed by atoms with Crippen molar-refractivity contribution in [3.63, 3.8) is 0 Å². The van der Waals surface area contributed by atoms with Gasteiger partial charge in [0.15, 0.2) is 15.8 Å². The molecule has 2 saturated heterocycles. The Morgan fingerprint density at radius 2 is 1.87 bits per heavy atom. The summed E-state index contributed by atoms with van der Waals surface area (Å²) in [5.74, 6) is 1.81. The van der Waals surface area contributed by atoms with Gasteiger partial charge in [0.25, 0.3) is 0 Å². The van der Waals surface area contributed by atoms with E-state index in [1.807, 2.05) is 13.0 Å². The van der Waals surface area contributed by atoms with Crippen molar-refractivity contribution < 1.29 is 8.42 Å². The lowest BCUT2D eigenvalue weighted by atomic mass is 10.2. The maximum Gasteiger partial charge on any atom is 0.225 e. The first-order valence-electron chi connectivity index (χ1n) is 10.8. The molecule has 30 heavy (non-hydrogen) atoms. The van der Waals surface area contributed by atoms with E-state index < -0.39 is 14.6 Å². The van der Waals surface area contributed by atoms with E-state index in [1.54, 1.807) is 26.2 Å². The summed E-state index contributed by atoms with van der Waals surface area (Å²) in [5.41, 5.74) is 0. The van der Waals surface area contributed by atoms with Gasteiger partial charge in [-0.2, -0.15) is 0 Å². The van der Waals surface area contributed by atoms with Crippen LogP contribution in [0, 0.1) is 0 Å². The van der Waals surface area contributed by atoms with Crippen molar-refractivity contribution in [2.24, 2.45) is 4.99 Å². The first-order chi connectivity index (χ1) is 14.3. The van der Waals surface area contributed by atoms with E-state index in [0.717, 1.165) is 64.1 Å². The van der Waals surface area contributed by atoms with Crippen LogP contribution >= 0.6 is 0 Å². The summed E-state index contributed by atoms with van der Waals surface area (Å²) in [7, 11) is -3.05. The number of guanidine groups is 1. The number of sulfone groups is 1. The lowest BCUT2D eigenvalue weighted by Gasteiger charge is -2.39. The molecule has 0 radical (unpaired) electrons. The fourth-order valence-electron chi connectivity index (χ4n) is 3.86. The molecule has 2 fully saturated rings. The van der Waals surface area contributed by atoms with Gasteiger partial charge in [-0.3, -0.25) is 9.89 Å². The zero-order valence-electron chi connectivity index (χ0n) is 18.4. The van der Waals surface area contributed by atoms with Gasteiger partial charge in [-0.25, -0.2) is 18.4 Å². The normalized spacial score (nSPS) is 22.2. The molecule has 2 aliphatic heterocycles. The third-order valence-corrected chi connectivity index (χ3v) is 8.31. The van der Waals surface area contributed by atoms with Crippen molar-refractivity contribution in [3.8, 4) is 0 Å². The topological polar surface area (TPSA) is 94.0 Å². The van der Waals surface area contributed by atoms with Crippen LogP contribution in [0.5, 0.6) is 0 Å². The van der Waals surface area contributed by atoms with Gasteiger partial charge >= 0.3 is 0 Å². The van der Waals surface area contributed by atoms with Crippen LogP contribution in [-0.4, -0.2) is 104 Å². The van der Waals surface area contributed by atoms with E-state index in [-0.39, 0.29) is 5.75 Å². The van der Waals surface area contributed by atoms with Crippen LogP contribution in [0.2, 0.25) is 0 Å². The van der Waals surface area contributed by atoms with E-state index in [0.29, 0.717) is 13.1 Å². The second-order valence-electron chi connectivity index (χ2n) is 8.47. The van der Waals surface area contributed by atoms with Crippen molar-refractivity contribution in [3.05, 3.63) is 18.5 Å². The van der Waals surface area contributed by atoms with Crippen molar-refractivity contribution in [2.75, 3.05) is 69.6 Å². The Hall–Kier alpha value is -1.94. The summed E-state index contributed by atoms with van der Waals surface area (Å²) in [6.45, 7) is 13.0. The number of nitrogens with zero attached hydrogens (tertiary/aromatic N) is 6. The fraction of sp³-hybridized carbons (Fsp3) is 0.750. The quantitative estimate of drug-likeness (QED) is 0.390. The Kier molecular flexibility index (Phi) is 7.51. The van der Waals surface area contributed by atoms with Crippen LogP contribution in [0.3, 0.4) is 0 Å². The molecule has 0 bridgehead atoms. The molecule has 168 valence electrons. The minimum atomic E-state index is -3.05. The number of piperazine rings is 1. The van der Waals surface area contributed by atoms with Crippen molar-refractivity contribution >= 4 is 21.7 Å². The van der Waals surface area contributed by atoms with Gasteiger partial charge in [0.1, 0.15) is 0 Å². The van der Waals surface area contributed by atoms with Crippen molar-refractivity contribution in [2.45, 2.75) is 31.9 Å². The van der Waals surface area contributed by atoms with Gasteiger partial charge in [-0.1, -0.05) is 0 Å². The highest BCUT2D eigenvalue weighted by Gasteiger charge is 2.40. The Labute approximate surface area is 180 Å². The highest BCUT2D eigenvalue weighted by molar-refractivity contribution is 7.92.